The zero-order valence-corrected chi connectivity index (χ0v) is 19.3. The fourth-order valence-corrected chi connectivity index (χ4v) is 3.70. The van der Waals surface area contributed by atoms with E-state index in [-0.39, 0.29) is 18.2 Å². The van der Waals surface area contributed by atoms with Gasteiger partial charge in [-0.25, -0.2) is 0 Å². The van der Waals surface area contributed by atoms with Gasteiger partial charge in [0.1, 0.15) is 5.75 Å². The Morgan fingerprint density at radius 1 is 1.09 bits per heavy atom. The quantitative estimate of drug-likeness (QED) is 0.331. The molecule has 0 saturated carbocycles. The second-order valence-electron chi connectivity index (χ2n) is 7.31. The molecule has 0 aliphatic heterocycles. The van der Waals surface area contributed by atoms with Crippen LogP contribution in [0.1, 0.15) is 21.6 Å². The van der Waals surface area contributed by atoms with E-state index in [1.54, 1.807) is 42.0 Å². The van der Waals surface area contributed by atoms with Gasteiger partial charge in [-0.2, -0.15) is 0 Å². The summed E-state index contributed by atoms with van der Waals surface area (Å²) in [5, 5.41) is 6.65. The molecule has 3 rings (SSSR count). The zero-order chi connectivity index (χ0) is 23.8. The van der Waals surface area contributed by atoms with Crippen molar-refractivity contribution in [3.05, 3.63) is 64.3 Å². The van der Waals surface area contributed by atoms with Gasteiger partial charge in [0.25, 0.3) is 5.91 Å². The first kappa shape index (κ1) is 24.3. The molecule has 1 aromatic heterocycles. The third-order valence-electron chi connectivity index (χ3n) is 5.22. The summed E-state index contributed by atoms with van der Waals surface area (Å²) in [4.78, 5) is 36.1. The number of nitrogens with one attached hydrogen (secondary N) is 2. The van der Waals surface area contributed by atoms with Crippen molar-refractivity contribution in [3.63, 3.8) is 0 Å². The van der Waals surface area contributed by atoms with E-state index >= 15 is 0 Å². The van der Waals surface area contributed by atoms with Crippen LogP contribution in [0, 0.1) is 6.92 Å². The number of aromatic nitrogens is 1. The van der Waals surface area contributed by atoms with Crippen LogP contribution in [0.4, 0.5) is 0 Å². The molecule has 0 radical (unpaired) electrons. The number of methoxy groups -OCH3 is 1. The van der Waals surface area contributed by atoms with Gasteiger partial charge in [0.2, 0.25) is 12.3 Å². The van der Waals surface area contributed by atoms with E-state index in [0.29, 0.717) is 60.3 Å². The minimum absolute atomic E-state index is 0.100. The number of carbonyl (C=O) groups is 3. The second-order valence-corrected chi connectivity index (χ2v) is 7.74. The minimum atomic E-state index is -0.205. The molecule has 8 nitrogen and oxygen atoms in total. The molecule has 33 heavy (non-hydrogen) atoms. The normalized spacial score (nSPS) is 10.8. The van der Waals surface area contributed by atoms with Gasteiger partial charge in [-0.1, -0.05) is 11.6 Å². The van der Waals surface area contributed by atoms with Gasteiger partial charge < -0.3 is 20.1 Å². The fraction of sp³-hybridized carbons (Fsp3) is 0.292. The van der Waals surface area contributed by atoms with E-state index in [1.807, 2.05) is 19.1 Å². The van der Waals surface area contributed by atoms with E-state index in [1.165, 1.54) is 0 Å². The molecule has 1 heterocycles. The molecular formula is C24H26ClN3O5. The topological polar surface area (TPSA) is 98.7 Å². The van der Waals surface area contributed by atoms with Gasteiger partial charge in [-0.15, -0.1) is 0 Å². The smallest absolute Gasteiger partial charge is 0.262 e. The Morgan fingerprint density at radius 3 is 2.52 bits per heavy atom. The number of carbonyl (C=O) groups excluding carboxylic acids is 3. The third kappa shape index (κ3) is 5.91. The molecule has 2 amide bonds. The SMILES string of the molecule is COc1ccc2c(c1)c(CC(=O)NCCOCCNC=O)c(C)n2C(=O)c1ccc(Cl)cc1. The lowest BCUT2D eigenvalue weighted by atomic mass is 10.1. The van der Waals surface area contributed by atoms with Gasteiger partial charge in [0, 0.05) is 34.8 Å². The Hall–Kier alpha value is -3.36. The second kappa shape index (κ2) is 11.5. The predicted octanol–water partition coefficient (Wildman–Crippen LogP) is 2.72. The number of ether oxygens (including phenoxy) is 2. The van der Waals surface area contributed by atoms with Gasteiger partial charge in [-0.05, 0) is 55.0 Å². The van der Waals surface area contributed by atoms with E-state index in [2.05, 4.69) is 10.6 Å². The highest BCUT2D eigenvalue weighted by atomic mass is 35.5. The summed E-state index contributed by atoms with van der Waals surface area (Å²) in [6.45, 7) is 3.28. The molecule has 0 aliphatic rings. The first-order chi connectivity index (χ1) is 16.0. The van der Waals surface area contributed by atoms with Crippen LogP contribution in [0.25, 0.3) is 10.9 Å². The maximum atomic E-state index is 13.3. The number of hydrogen-bond donors (Lipinski definition) is 2. The number of fused-ring (bicyclic) bond motifs is 1. The summed E-state index contributed by atoms with van der Waals surface area (Å²) >= 11 is 5.96. The number of nitrogens with zero attached hydrogens (tertiary/aromatic N) is 1. The van der Waals surface area contributed by atoms with Crippen LogP contribution in [0.3, 0.4) is 0 Å². The summed E-state index contributed by atoms with van der Waals surface area (Å²) in [7, 11) is 1.57. The van der Waals surface area contributed by atoms with E-state index in [4.69, 9.17) is 21.1 Å². The molecule has 9 heteroatoms. The highest BCUT2D eigenvalue weighted by molar-refractivity contribution is 6.30. The molecule has 0 saturated heterocycles. The molecule has 0 spiro atoms. The van der Waals surface area contributed by atoms with Crippen LogP contribution in [0.15, 0.2) is 42.5 Å². The Bertz CT molecular complexity index is 1140. The summed E-state index contributed by atoms with van der Waals surface area (Å²) < 4.78 is 12.3. The molecule has 174 valence electrons. The van der Waals surface area contributed by atoms with Crippen molar-refractivity contribution in [3.8, 4) is 5.75 Å². The van der Waals surface area contributed by atoms with Crippen molar-refractivity contribution in [2.24, 2.45) is 0 Å². The lowest BCUT2D eigenvalue weighted by Gasteiger charge is -2.09. The van der Waals surface area contributed by atoms with Crippen LogP contribution in [-0.2, 0) is 20.7 Å². The first-order valence-electron chi connectivity index (χ1n) is 10.5. The number of amides is 2. The van der Waals surface area contributed by atoms with Gasteiger partial charge in [-0.3, -0.25) is 19.0 Å². The van der Waals surface area contributed by atoms with Crippen molar-refractivity contribution in [2.45, 2.75) is 13.3 Å². The van der Waals surface area contributed by atoms with Crippen molar-refractivity contribution in [2.75, 3.05) is 33.4 Å². The monoisotopic (exact) mass is 471 g/mol. The number of rotatable bonds is 11. The van der Waals surface area contributed by atoms with Gasteiger partial charge in [0.05, 0.1) is 32.3 Å². The van der Waals surface area contributed by atoms with Gasteiger partial charge >= 0.3 is 0 Å². The van der Waals surface area contributed by atoms with E-state index in [0.717, 1.165) is 10.9 Å². The van der Waals surface area contributed by atoms with Crippen LogP contribution < -0.4 is 15.4 Å². The van der Waals surface area contributed by atoms with E-state index < -0.39 is 0 Å². The Morgan fingerprint density at radius 2 is 1.82 bits per heavy atom. The fourth-order valence-electron chi connectivity index (χ4n) is 3.57. The molecular weight excluding hydrogens is 446 g/mol. The van der Waals surface area contributed by atoms with Crippen molar-refractivity contribution in [1.29, 1.82) is 0 Å². The number of hydrogen-bond acceptors (Lipinski definition) is 5. The molecule has 0 fully saturated rings. The van der Waals surface area contributed by atoms with Crippen LogP contribution >= 0.6 is 11.6 Å². The van der Waals surface area contributed by atoms with Gasteiger partial charge in [0.15, 0.2) is 0 Å². The standard InChI is InChI=1S/C24H26ClN3O5/c1-16-20(14-23(30)27-10-12-33-11-9-26-15-29)21-13-19(32-2)7-8-22(21)28(16)24(31)17-3-5-18(25)6-4-17/h3-8,13,15H,9-12,14H2,1-2H3,(H,26,29)(H,27,30). The largest absolute Gasteiger partial charge is 0.497 e. The van der Waals surface area contributed by atoms with E-state index in [9.17, 15) is 14.4 Å². The molecule has 2 aromatic carbocycles. The summed E-state index contributed by atoms with van der Waals surface area (Å²) in [5.74, 6) is 0.245. The maximum absolute atomic E-state index is 13.3. The highest BCUT2D eigenvalue weighted by Crippen LogP contribution is 2.30. The Kier molecular flexibility index (Phi) is 8.46. The third-order valence-corrected chi connectivity index (χ3v) is 5.47. The average Bonchev–Trinajstić information content (AvgIpc) is 3.08. The summed E-state index contributed by atoms with van der Waals surface area (Å²) in [6, 6.07) is 12.1. The molecule has 0 atom stereocenters. The zero-order valence-electron chi connectivity index (χ0n) is 18.5. The molecule has 0 unspecified atom stereocenters. The molecule has 0 aliphatic carbocycles. The lowest BCUT2D eigenvalue weighted by molar-refractivity contribution is -0.120. The highest BCUT2D eigenvalue weighted by Gasteiger charge is 2.22. The first-order valence-corrected chi connectivity index (χ1v) is 10.8. The minimum Gasteiger partial charge on any atom is -0.497 e. The van der Waals surface area contributed by atoms with Crippen molar-refractivity contribution < 1.29 is 23.9 Å². The number of benzene rings is 2. The van der Waals surface area contributed by atoms with Crippen molar-refractivity contribution >= 4 is 40.7 Å². The van der Waals surface area contributed by atoms with Crippen LogP contribution in [0.5, 0.6) is 5.75 Å². The molecule has 3 aromatic rings. The average molecular weight is 472 g/mol. The summed E-state index contributed by atoms with van der Waals surface area (Å²) in [6.07, 6.45) is 0.708. The predicted molar refractivity (Wildman–Crippen MR) is 126 cm³/mol. The number of halogens is 1. The van der Waals surface area contributed by atoms with Crippen LogP contribution in [-0.4, -0.2) is 56.2 Å². The maximum Gasteiger partial charge on any atom is 0.262 e. The van der Waals surface area contributed by atoms with Crippen molar-refractivity contribution in [1.82, 2.24) is 15.2 Å². The Balaban J connectivity index is 1.81. The lowest BCUT2D eigenvalue weighted by Crippen LogP contribution is -2.29. The molecule has 0 bridgehead atoms. The summed E-state index contributed by atoms with van der Waals surface area (Å²) in [5.41, 5.74) is 2.62. The Labute approximate surface area is 196 Å². The van der Waals surface area contributed by atoms with Crippen LogP contribution in [0.2, 0.25) is 5.02 Å². The molecule has 2 N–H and O–H groups in total.